The second-order valence-corrected chi connectivity index (χ2v) is 6.87. The summed E-state index contributed by atoms with van der Waals surface area (Å²) in [5.41, 5.74) is 4.27. The largest absolute Gasteiger partial charge is 0.281 e. The molecule has 0 spiro atoms. The molecule has 1 N–H and O–H groups in total. The molecule has 8 heteroatoms. The lowest BCUT2D eigenvalue weighted by atomic mass is 9.73. The summed E-state index contributed by atoms with van der Waals surface area (Å²) in [7, 11) is 0. The summed E-state index contributed by atoms with van der Waals surface area (Å²) in [4.78, 5) is 21.5. The van der Waals surface area contributed by atoms with Crippen LogP contribution in [-0.2, 0) is 11.8 Å². The number of hydrogen-bond acceptors (Lipinski definition) is 7. The molecule has 0 aliphatic heterocycles. The molecule has 0 saturated heterocycles. The van der Waals surface area contributed by atoms with Crippen molar-refractivity contribution in [2.75, 3.05) is 0 Å². The summed E-state index contributed by atoms with van der Waals surface area (Å²) < 4.78 is 0. The summed E-state index contributed by atoms with van der Waals surface area (Å²) in [6.45, 7) is 0. The van der Waals surface area contributed by atoms with E-state index in [2.05, 4.69) is 47.3 Å². The van der Waals surface area contributed by atoms with Crippen molar-refractivity contribution in [1.29, 1.82) is 0 Å². The molecular weight excluding hydrogens is 346 g/mol. The van der Waals surface area contributed by atoms with Crippen molar-refractivity contribution in [2.24, 2.45) is 0 Å². The van der Waals surface area contributed by atoms with Gasteiger partial charge in [-0.3, -0.25) is 5.10 Å². The third-order valence-electron chi connectivity index (χ3n) is 4.59. The monoisotopic (exact) mass is 359 g/mol. The van der Waals surface area contributed by atoms with E-state index < -0.39 is 5.41 Å². The van der Waals surface area contributed by atoms with Crippen LogP contribution in [0.2, 0.25) is 0 Å². The van der Waals surface area contributed by atoms with Crippen LogP contribution in [0.3, 0.4) is 0 Å². The topological polar surface area (TPSA) is 93.1 Å². The zero-order valence-corrected chi connectivity index (χ0v) is 14.4. The zero-order chi connectivity index (χ0) is 17.4. The molecule has 0 amide bonds. The Bertz CT molecular complexity index is 1020. The second-order valence-electron chi connectivity index (χ2n) is 5.97. The van der Waals surface area contributed by atoms with Crippen LogP contribution >= 0.6 is 11.3 Å². The highest BCUT2D eigenvalue weighted by Gasteiger charge is 2.39. The van der Waals surface area contributed by atoms with Gasteiger partial charge in [-0.15, -0.1) is 11.3 Å². The van der Waals surface area contributed by atoms with Gasteiger partial charge >= 0.3 is 0 Å². The Kier molecular flexibility index (Phi) is 3.42. The molecule has 4 aromatic rings. The molecule has 126 valence electrons. The lowest BCUT2D eigenvalue weighted by molar-refractivity contribution is 0.578. The van der Waals surface area contributed by atoms with Crippen molar-refractivity contribution in [3.8, 4) is 10.7 Å². The molecule has 1 aliphatic carbocycles. The zero-order valence-electron chi connectivity index (χ0n) is 13.6. The maximum absolute atomic E-state index is 4.51. The van der Waals surface area contributed by atoms with Crippen LogP contribution in [0, 0.1) is 0 Å². The fourth-order valence-corrected chi connectivity index (χ4v) is 4.00. The molecule has 0 aromatic carbocycles. The fraction of sp³-hybridized carbons (Fsp3) is 0.111. The molecular formula is C18H13N7S. The van der Waals surface area contributed by atoms with Gasteiger partial charge < -0.3 is 0 Å². The number of thiazole rings is 1. The first-order chi connectivity index (χ1) is 12.9. The smallest absolute Gasteiger partial charge is 0.144 e. The summed E-state index contributed by atoms with van der Waals surface area (Å²) >= 11 is 1.58. The molecule has 1 aliphatic rings. The van der Waals surface area contributed by atoms with Gasteiger partial charge in [0, 0.05) is 41.6 Å². The van der Waals surface area contributed by atoms with Gasteiger partial charge in [-0.2, -0.15) is 5.10 Å². The van der Waals surface area contributed by atoms with Crippen LogP contribution < -0.4 is 0 Å². The predicted octanol–water partition coefficient (Wildman–Crippen LogP) is 2.67. The summed E-state index contributed by atoms with van der Waals surface area (Å²) in [6, 6.07) is 3.85. The van der Waals surface area contributed by atoms with Gasteiger partial charge in [-0.05, 0) is 12.1 Å². The van der Waals surface area contributed by atoms with Gasteiger partial charge in [0.05, 0.1) is 16.8 Å². The Morgan fingerprint density at radius 3 is 2.35 bits per heavy atom. The van der Waals surface area contributed by atoms with Gasteiger partial charge in [0.15, 0.2) is 0 Å². The Morgan fingerprint density at radius 1 is 0.962 bits per heavy atom. The van der Waals surface area contributed by atoms with Crippen LogP contribution in [0.1, 0.15) is 22.6 Å². The van der Waals surface area contributed by atoms with Crippen molar-refractivity contribution in [3.05, 3.63) is 77.5 Å². The van der Waals surface area contributed by atoms with E-state index in [1.807, 2.05) is 17.5 Å². The molecule has 4 heterocycles. The number of hydrogen-bond donors (Lipinski definition) is 1. The molecule has 0 saturated carbocycles. The van der Waals surface area contributed by atoms with E-state index in [9.17, 15) is 0 Å². The SMILES string of the molecule is C1=CC(c2ccncn2)(c2ccncn2)Cc2[nH]nc(-c3nccs3)c21. The van der Waals surface area contributed by atoms with Crippen LogP contribution in [0.5, 0.6) is 0 Å². The minimum atomic E-state index is -0.494. The van der Waals surface area contributed by atoms with Crippen LogP contribution in [0.4, 0.5) is 0 Å². The van der Waals surface area contributed by atoms with Crippen molar-refractivity contribution < 1.29 is 0 Å². The third-order valence-corrected chi connectivity index (χ3v) is 5.37. The summed E-state index contributed by atoms with van der Waals surface area (Å²) in [6.07, 6.45) is 13.3. The Morgan fingerprint density at radius 2 is 1.73 bits per heavy atom. The predicted molar refractivity (Wildman–Crippen MR) is 97.3 cm³/mol. The standard InChI is InChI=1S/C18H13N7S/c1-4-18(14-2-5-19-10-22-14,15-3-6-20-11-23-15)9-13-12(1)16(25-24-13)17-21-7-8-26-17/h1-8,10-11H,9H2,(H,24,25). The summed E-state index contributed by atoms with van der Waals surface area (Å²) in [5, 5.41) is 10.5. The molecule has 5 rings (SSSR count). The van der Waals surface area contributed by atoms with Crippen LogP contribution in [-0.4, -0.2) is 35.1 Å². The van der Waals surface area contributed by atoms with E-state index in [4.69, 9.17) is 0 Å². The Balaban J connectivity index is 1.67. The number of allylic oxidation sites excluding steroid dienone is 1. The second kappa shape index (κ2) is 5.92. The number of nitrogens with one attached hydrogen (secondary N) is 1. The number of aromatic nitrogens is 7. The maximum Gasteiger partial charge on any atom is 0.144 e. The normalized spacial score (nSPS) is 14.9. The molecule has 0 fully saturated rings. The minimum absolute atomic E-state index is 0.494. The lowest BCUT2D eigenvalue weighted by Gasteiger charge is -2.31. The minimum Gasteiger partial charge on any atom is -0.281 e. The van der Waals surface area contributed by atoms with Gasteiger partial charge in [0.2, 0.25) is 0 Å². The highest BCUT2D eigenvalue weighted by Crippen LogP contribution is 2.41. The van der Waals surface area contributed by atoms with Gasteiger partial charge in [-0.25, -0.2) is 24.9 Å². The van der Waals surface area contributed by atoms with Gasteiger partial charge in [0.1, 0.15) is 23.4 Å². The molecule has 0 unspecified atom stereocenters. The number of fused-ring (bicyclic) bond motifs is 1. The van der Waals surface area contributed by atoms with Crippen molar-refractivity contribution in [3.63, 3.8) is 0 Å². The van der Waals surface area contributed by atoms with Crippen molar-refractivity contribution >= 4 is 17.4 Å². The molecule has 26 heavy (non-hydrogen) atoms. The van der Waals surface area contributed by atoms with Gasteiger partial charge in [0.25, 0.3) is 0 Å². The van der Waals surface area contributed by atoms with E-state index in [0.29, 0.717) is 6.42 Å². The quantitative estimate of drug-likeness (QED) is 0.604. The molecule has 7 nitrogen and oxygen atoms in total. The molecule has 4 aromatic heterocycles. The van der Waals surface area contributed by atoms with Crippen molar-refractivity contribution in [2.45, 2.75) is 11.8 Å². The van der Waals surface area contributed by atoms with E-state index >= 15 is 0 Å². The number of aromatic amines is 1. The first-order valence-corrected chi connectivity index (χ1v) is 8.94. The highest BCUT2D eigenvalue weighted by atomic mass is 32.1. The average Bonchev–Trinajstić information content (AvgIpc) is 3.38. The molecule has 0 bridgehead atoms. The Labute approximate surface area is 153 Å². The van der Waals surface area contributed by atoms with Crippen LogP contribution in [0.15, 0.2) is 54.8 Å². The first kappa shape index (κ1) is 15.0. The van der Waals surface area contributed by atoms with E-state index in [0.717, 1.165) is 33.3 Å². The Hall–Kier alpha value is -3.26. The molecule has 0 atom stereocenters. The fourth-order valence-electron chi connectivity index (χ4n) is 3.36. The van der Waals surface area contributed by atoms with E-state index in [-0.39, 0.29) is 0 Å². The molecule has 0 radical (unpaired) electrons. The highest BCUT2D eigenvalue weighted by molar-refractivity contribution is 7.13. The third kappa shape index (κ3) is 2.26. The lowest BCUT2D eigenvalue weighted by Crippen LogP contribution is -2.32. The van der Waals surface area contributed by atoms with E-state index in [1.165, 1.54) is 0 Å². The van der Waals surface area contributed by atoms with Crippen molar-refractivity contribution in [1.82, 2.24) is 35.1 Å². The van der Waals surface area contributed by atoms with Crippen LogP contribution in [0.25, 0.3) is 16.8 Å². The number of rotatable bonds is 3. The number of H-pyrrole nitrogens is 1. The number of nitrogens with zero attached hydrogens (tertiary/aromatic N) is 6. The first-order valence-electron chi connectivity index (χ1n) is 8.06. The van der Waals surface area contributed by atoms with E-state index in [1.54, 1.807) is 42.6 Å². The summed E-state index contributed by atoms with van der Waals surface area (Å²) in [5.74, 6) is 0. The average molecular weight is 359 g/mol. The maximum atomic E-state index is 4.51. The van der Waals surface area contributed by atoms with Gasteiger partial charge in [-0.1, -0.05) is 12.2 Å².